The van der Waals surface area contributed by atoms with Gasteiger partial charge in [0.05, 0.1) is 11.0 Å². The molecule has 1 aliphatic rings. The molecule has 0 spiro atoms. The molecule has 19 heavy (non-hydrogen) atoms. The van der Waals surface area contributed by atoms with E-state index in [1.807, 2.05) is 6.92 Å². The standard InChI is InChI=1S/C13H20N2O3S/c1-10(12-6-4-8-18-12)15-19(16,17)13-7-3-2-5-11(13)9-14/h2-3,5,7,10,12,15H,4,6,8-9,14H2,1H3. The summed E-state index contributed by atoms with van der Waals surface area (Å²) in [6.07, 6.45) is 1.83. The van der Waals surface area contributed by atoms with E-state index in [1.54, 1.807) is 24.3 Å². The third kappa shape index (κ3) is 3.33. The Morgan fingerprint density at radius 1 is 1.47 bits per heavy atom. The maximum Gasteiger partial charge on any atom is 0.241 e. The van der Waals surface area contributed by atoms with Crippen molar-refractivity contribution in [3.63, 3.8) is 0 Å². The Morgan fingerprint density at radius 3 is 2.84 bits per heavy atom. The Labute approximate surface area is 114 Å². The van der Waals surface area contributed by atoms with E-state index in [2.05, 4.69) is 4.72 Å². The molecule has 1 aromatic carbocycles. The fourth-order valence-corrected chi connectivity index (χ4v) is 3.84. The molecule has 6 heteroatoms. The fourth-order valence-electron chi connectivity index (χ4n) is 2.32. The van der Waals surface area contributed by atoms with Crippen LogP contribution in [0.4, 0.5) is 0 Å². The van der Waals surface area contributed by atoms with Crippen LogP contribution in [-0.4, -0.2) is 27.2 Å². The molecule has 2 atom stereocenters. The lowest BCUT2D eigenvalue weighted by Crippen LogP contribution is -2.41. The molecule has 0 saturated carbocycles. The average Bonchev–Trinajstić information content (AvgIpc) is 2.92. The van der Waals surface area contributed by atoms with E-state index < -0.39 is 10.0 Å². The van der Waals surface area contributed by atoms with Crippen molar-refractivity contribution in [3.05, 3.63) is 29.8 Å². The normalized spacial score (nSPS) is 21.5. The molecule has 1 saturated heterocycles. The summed E-state index contributed by atoms with van der Waals surface area (Å²) in [6, 6.07) is 6.55. The molecular formula is C13H20N2O3S. The van der Waals surface area contributed by atoms with Crippen molar-refractivity contribution in [3.8, 4) is 0 Å². The number of nitrogens with two attached hydrogens (primary N) is 1. The molecule has 2 unspecified atom stereocenters. The summed E-state index contributed by atoms with van der Waals surface area (Å²) in [4.78, 5) is 0.252. The number of rotatable bonds is 5. The smallest absolute Gasteiger partial charge is 0.241 e. The minimum atomic E-state index is -3.55. The molecule has 0 aliphatic carbocycles. The average molecular weight is 284 g/mol. The predicted octanol–water partition coefficient (Wildman–Crippen LogP) is 0.991. The summed E-state index contributed by atoms with van der Waals surface area (Å²) in [5.74, 6) is 0. The SMILES string of the molecule is CC(NS(=O)(=O)c1ccccc1CN)C1CCCO1. The maximum atomic E-state index is 12.4. The van der Waals surface area contributed by atoms with E-state index >= 15 is 0 Å². The van der Waals surface area contributed by atoms with Gasteiger partial charge in [-0.1, -0.05) is 18.2 Å². The van der Waals surface area contributed by atoms with Gasteiger partial charge in [-0.2, -0.15) is 0 Å². The number of ether oxygens (including phenoxy) is 1. The number of sulfonamides is 1. The highest BCUT2D eigenvalue weighted by atomic mass is 32.2. The minimum absolute atomic E-state index is 0.0418. The van der Waals surface area contributed by atoms with Crippen molar-refractivity contribution in [2.75, 3.05) is 6.61 Å². The van der Waals surface area contributed by atoms with Crippen molar-refractivity contribution in [1.82, 2.24) is 4.72 Å². The van der Waals surface area contributed by atoms with Gasteiger partial charge in [-0.15, -0.1) is 0 Å². The molecule has 3 N–H and O–H groups in total. The van der Waals surface area contributed by atoms with Gasteiger partial charge in [0.2, 0.25) is 10.0 Å². The van der Waals surface area contributed by atoms with Crippen molar-refractivity contribution in [2.45, 2.75) is 43.4 Å². The van der Waals surface area contributed by atoms with Gasteiger partial charge < -0.3 is 10.5 Å². The molecule has 0 bridgehead atoms. The van der Waals surface area contributed by atoms with Crippen molar-refractivity contribution >= 4 is 10.0 Å². The first-order valence-corrected chi connectivity index (χ1v) is 7.95. The highest BCUT2D eigenvalue weighted by Gasteiger charge is 2.27. The Bertz CT molecular complexity index is 524. The van der Waals surface area contributed by atoms with Crippen LogP contribution in [0.2, 0.25) is 0 Å². The van der Waals surface area contributed by atoms with Crippen LogP contribution in [0.25, 0.3) is 0 Å². The molecule has 106 valence electrons. The number of benzene rings is 1. The Hall–Kier alpha value is -0.950. The highest BCUT2D eigenvalue weighted by Crippen LogP contribution is 2.19. The number of nitrogens with one attached hydrogen (secondary N) is 1. The van der Waals surface area contributed by atoms with E-state index in [9.17, 15) is 8.42 Å². The van der Waals surface area contributed by atoms with Crippen LogP contribution in [-0.2, 0) is 21.3 Å². The molecule has 5 nitrogen and oxygen atoms in total. The Morgan fingerprint density at radius 2 is 2.21 bits per heavy atom. The fraction of sp³-hybridized carbons (Fsp3) is 0.538. The molecule has 0 amide bonds. The van der Waals surface area contributed by atoms with Gasteiger partial charge in [0, 0.05) is 19.2 Å². The van der Waals surface area contributed by atoms with E-state index in [1.165, 1.54) is 0 Å². The van der Waals surface area contributed by atoms with Crippen LogP contribution in [0.1, 0.15) is 25.3 Å². The Balaban J connectivity index is 2.17. The second-order valence-electron chi connectivity index (χ2n) is 4.77. The maximum absolute atomic E-state index is 12.4. The third-order valence-electron chi connectivity index (χ3n) is 3.35. The molecule has 1 aromatic rings. The van der Waals surface area contributed by atoms with Gasteiger partial charge >= 0.3 is 0 Å². The first-order chi connectivity index (χ1) is 9.04. The summed E-state index contributed by atoms with van der Waals surface area (Å²) in [5.41, 5.74) is 6.20. The van der Waals surface area contributed by atoms with Crippen LogP contribution < -0.4 is 10.5 Å². The second-order valence-corrected chi connectivity index (χ2v) is 6.46. The van der Waals surface area contributed by atoms with Gasteiger partial charge in [-0.3, -0.25) is 0 Å². The molecule has 0 aromatic heterocycles. The van der Waals surface area contributed by atoms with Gasteiger partial charge in [-0.25, -0.2) is 13.1 Å². The first kappa shape index (κ1) is 14.5. The zero-order valence-corrected chi connectivity index (χ0v) is 11.8. The van der Waals surface area contributed by atoms with Gasteiger partial charge in [0.15, 0.2) is 0 Å². The molecule has 1 heterocycles. The van der Waals surface area contributed by atoms with Crippen LogP contribution >= 0.6 is 0 Å². The van der Waals surface area contributed by atoms with Crippen molar-refractivity contribution in [2.24, 2.45) is 5.73 Å². The predicted molar refractivity (Wildman–Crippen MR) is 73.1 cm³/mol. The molecular weight excluding hydrogens is 264 g/mol. The summed E-state index contributed by atoms with van der Waals surface area (Å²) in [5, 5.41) is 0. The second kappa shape index (κ2) is 6.00. The summed E-state index contributed by atoms with van der Waals surface area (Å²) >= 11 is 0. The largest absolute Gasteiger partial charge is 0.377 e. The summed E-state index contributed by atoms with van der Waals surface area (Å²) in [7, 11) is -3.55. The monoisotopic (exact) mass is 284 g/mol. The quantitative estimate of drug-likeness (QED) is 0.845. The highest BCUT2D eigenvalue weighted by molar-refractivity contribution is 7.89. The van der Waals surface area contributed by atoms with E-state index in [-0.39, 0.29) is 23.6 Å². The van der Waals surface area contributed by atoms with E-state index in [4.69, 9.17) is 10.5 Å². The summed E-state index contributed by atoms with van der Waals surface area (Å²) in [6.45, 7) is 2.74. The summed E-state index contributed by atoms with van der Waals surface area (Å²) < 4.78 is 32.9. The molecule has 1 aliphatic heterocycles. The number of hydrogen-bond donors (Lipinski definition) is 2. The van der Waals surface area contributed by atoms with Gasteiger partial charge in [0.25, 0.3) is 0 Å². The van der Waals surface area contributed by atoms with E-state index in [0.717, 1.165) is 12.8 Å². The van der Waals surface area contributed by atoms with Gasteiger partial charge in [-0.05, 0) is 31.4 Å². The zero-order chi connectivity index (χ0) is 13.9. The zero-order valence-electron chi connectivity index (χ0n) is 11.0. The van der Waals surface area contributed by atoms with Crippen LogP contribution in [0.3, 0.4) is 0 Å². The minimum Gasteiger partial charge on any atom is -0.377 e. The lowest BCUT2D eigenvalue weighted by molar-refractivity contribution is 0.0902. The lowest BCUT2D eigenvalue weighted by Gasteiger charge is -2.20. The van der Waals surface area contributed by atoms with Crippen LogP contribution in [0, 0.1) is 0 Å². The first-order valence-electron chi connectivity index (χ1n) is 6.46. The molecule has 0 radical (unpaired) electrons. The Kier molecular flexibility index (Phi) is 4.57. The molecule has 1 fully saturated rings. The topological polar surface area (TPSA) is 81.4 Å². The third-order valence-corrected chi connectivity index (χ3v) is 5.01. The van der Waals surface area contributed by atoms with Gasteiger partial charge in [0.1, 0.15) is 0 Å². The molecule has 2 rings (SSSR count). The van der Waals surface area contributed by atoms with Crippen LogP contribution in [0.15, 0.2) is 29.2 Å². The number of hydrogen-bond acceptors (Lipinski definition) is 4. The van der Waals surface area contributed by atoms with Crippen LogP contribution in [0.5, 0.6) is 0 Å². The van der Waals surface area contributed by atoms with Crippen molar-refractivity contribution < 1.29 is 13.2 Å². The van der Waals surface area contributed by atoms with E-state index in [0.29, 0.717) is 12.2 Å². The van der Waals surface area contributed by atoms with Crippen molar-refractivity contribution in [1.29, 1.82) is 0 Å². The lowest BCUT2D eigenvalue weighted by atomic mass is 10.1.